The van der Waals surface area contributed by atoms with E-state index >= 15 is 0 Å². The van der Waals surface area contributed by atoms with Crippen LogP contribution in [0, 0.1) is 0 Å². The first-order chi connectivity index (χ1) is 12.6. The zero-order valence-corrected chi connectivity index (χ0v) is 15.3. The third-order valence-corrected chi connectivity index (χ3v) is 5.58. The molecular formula is C20H19N3O2S. The van der Waals surface area contributed by atoms with Crippen molar-refractivity contribution < 1.29 is 9.59 Å². The molecule has 2 heterocycles. The van der Waals surface area contributed by atoms with Gasteiger partial charge in [0.2, 0.25) is 11.8 Å². The molecule has 0 atom stereocenters. The van der Waals surface area contributed by atoms with Gasteiger partial charge in [-0.2, -0.15) is 0 Å². The Kier molecular flexibility index (Phi) is 4.42. The van der Waals surface area contributed by atoms with E-state index in [2.05, 4.69) is 11.1 Å². The number of likely N-dealkylation sites (N-methyl/N-ethyl adjacent to an activating group) is 1. The molecule has 1 aliphatic rings. The molecule has 0 saturated carbocycles. The number of anilines is 2. The van der Waals surface area contributed by atoms with Crippen molar-refractivity contribution in [2.45, 2.75) is 19.3 Å². The molecule has 0 aliphatic carbocycles. The Morgan fingerprint density at radius 2 is 2.04 bits per heavy atom. The second kappa shape index (κ2) is 6.88. The van der Waals surface area contributed by atoms with Gasteiger partial charge in [-0.05, 0) is 29.3 Å². The predicted molar refractivity (Wildman–Crippen MR) is 105 cm³/mol. The number of thiazole rings is 1. The monoisotopic (exact) mass is 365 g/mol. The summed E-state index contributed by atoms with van der Waals surface area (Å²) < 4.78 is 0. The highest BCUT2D eigenvalue weighted by atomic mass is 32.1. The quantitative estimate of drug-likeness (QED) is 0.709. The van der Waals surface area contributed by atoms with Crippen LogP contribution < -0.4 is 9.80 Å². The Morgan fingerprint density at radius 1 is 1.23 bits per heavy atom. The van der Waals surface area contributed by atoms with Crippen LogP contribution in [0.15, 0.2) is 47.8 Å². The number of benzene rings is 2. The fraction of sp³-hybridized carbons (Fsp3) is 0.250. The lowest BCUT2D eigenvalue weighted by molar-refractivity contribution is -0.118. The van der Waals surface area contributed by atoms with Crippen LogP contribution in [-0.2, 0) is 16.0 Å². The Hall–Kier alpha value is -2.73. The molecule has 1 fully saturated rings. The minimum Gasteiger partial charge on any atom is -0.315 e. The number of fused-ring (bicyclic) bond motifs is 1. The van der Waals surface area contributed by atoms with Gasteiger partial charge in [0.15, 0.2) is 5.13 Å². The second-order valence-corrected chi connectivity index (χ2v) is 7.27. The first-order valence-corrected chi connectivity index (χ1v) is 9.50. The van der Waals surface area contributed by atoms with E-state index in [9.17, 15) is 9.59 Å². The van der Waals surface area contributed by atoms with E-state index in [-0.39, 0.29) is 18.2 Å². The van der Waals surface area contributed by atoms with Crippen molar-refractivity contribution in [2.24, 2.45) is 0 Å². The van der Waals surface area contributed by atoms with Crippen molar-refractivity contribution in [3.63, 3.8) is 0 Å². The third-order valence-electron chi connectivity index (χ3n) is 4.67. The molecule has 2 aromatic carbocycles. The van der Waals surface area contributed by atoms with Crippen LogP contribution in [0.5, 0.6) is 0 Å². The first kappa shape index (κ1) is 16.7. The van der Waals surface area contributed by atoms with Gasteiger partial charge >= 0.3 is 0 Å². The summed E-state index contributed by atoms with van der Waals surface area (Å²) in [4.78, 5) is 32.3. The Balaban J connectivity index is 1.48. The zero-order valence-electron chi connectivity index (χ0n) is 14.5. The van der Waals surface area contributed by atoms with E-state index in [0.717, 1.165) is 29.4 Å². The highest BCUT2D eigenvalue weighted by Crippen LogP contribution is 2.26. The minimum atomic E-state index is -0.0233. The molecule has 0 N–H and O–H groups in total. The van der Waals surface area contributed by atoms with Crippen molar-refractivity contribution >= 4 is 44.7 Å². The average molecular weight is 365 g/mol. The lowest BCUT2D eigenvalue weighted by Crippen LogP contribution is -2.28. The SMILES string of the molecule is CN(C(=O)Cc1csc(N2CCCC2=O)n1)c1ccc2ccccc2c1. The van der Waals surface area contributed by atoms with Crippen molar-refractivity contribution in [1.29, 1.82) is 0 Å². The van der Waals surface area contributed by atoms with Gasteiger partial charge in [0.25, 0.3) is 0 Å². The van der Waals surface area contributed by atoms with E-state index in [1.807, 2.05) is 41.8 Å². The number of rotatable bonds is 4. The maximum atomic E-state index is 12.7. The topological polar surface area (TPSA) is 53.5 Å². The summed E-state index contributed by atoms with van der Waals surface area (Å²) in [5, 5.41) is 4.82. The lowest BCUT2D eigenvalue weighted by atomic mass is 10.1. The van der Waals surface area contributed by atoms with Crippen molar-refractivity contribution in [1.82, 2.24) is 4.98 Å². The standard InChI is InChI=1S/C20H19N3O2S/c1-22(17-9-8-14-5-2-3-6-15(14)11-17)19(25)12-16-13-26-20(21-16)23-10-4-7-18(23)24/h2-3,5-6,8-9,11,13H,4,7,10,12H2,1H3. The smallest absolute Gasteiger partial charge is 0.232 e. The van der Waals surface area contributed by atoms with Crippen LogP contribution >= 0.6 is 11.3 Å². The summed E-state index contributed by atoms with van der Waals surface area (Å²) in [5.41, 5.74) is 1.57. The molecule has 4 rings (SSSR count). The number of amides is 2. The van der Waals surface area contributed by atoms with Crippen LogP contribution in [0.4, 0.5) is 10.8 Å². The number of hydrogen-bond acceptors (Lipinski definition) is 4. The van der Waals surface area contributed by atoms with Gasteiger partial charge in [-0.15, -0.1) is 11.3 Å². The van der Waals surface area contributed by atoms with Crippen LogP contribution in [0.3, 0.4) is 0 Å². The van der Waals surface area contributed by atoms with Gasteiger partial charge in [0, 0.05) is 31.1 Å². The molecule has 0 unspecified atom stereocenters. The molecule has 0 radical (unpaired) electrons. The van der Waals surface area contributed by atoms with Crippen molar-refractivity contribution in [3.05, 3.63) is 53.5 Å². The van der Waals surface area contributed by atoms with Crippen molar-refractivity contribution in [2.75, 3.05) is 23.4 Å². The average Bonchev–Trinajstić information content (AvgIpc) is 3.29. The number of aromatic nitrogens is 1. The summed E-state index contributed by atoms with van der Waals surface area (Å²) in [6, 6.07) is 14.1. The summed E-state index contributed by atoms with van der Waals surface area (Å²) in [6.45, 7) is 0.719. The molecular weight excluding hydrogens is 346 g/mol. The van der Waals surface area contributed by atoms with Crippen LogP contribution in [0.25, 0.3) is 10.8 Å². The van der Waals surface area contributed by atoms with Crippen LogP contribution in [0.1, 0.15) is 18.5 Å². The van der Waals surface area contributed by atoms with E-state index in [1.165, 1.54) is 11.3 Å². The van der Waals surface area contributed by atoms with Gasteiger partial charge in [0.05, 0.1) is 12.1 Å². The molecule has 1 aromatic heterocycles. The van der Waals surface area contributed by atoms with E-state index in [1.54, 1.807) is 16.8 Å². The highest BCUT2D eigenvalue weighted by molar-refractivity contribution is 7.14. The molecule has 3 aromatic rings. The van der Waals surface area contributed by atoms with Gasteiger partial charge in [-0.3, -0.25) is 14.5 Å². The molecule has 1 saturated heterocycles. The third kappa shape index (κ3) is 3.20. The number of nitrogens with zero attached hydrogens (tertiary/aromatic N) is 3. The molecule has 6 heteroatoms. The minimum absolute atomic E-state index is 0.0233. The zero-order chi connectivity index (χ0) is 18.1. The van der Waals surface area contributed by atoms with Gasteiger partial charge in [0.1, 0.15) is 0 Å². The molecule has 2 amide bonds. The number of carbonyl (C=O) groups is 2. The highest BCUT2D eigenvalue weighted by Gasteiger charge is 2.24. The fourth-order valence-electron chi connectivity index (χ4n) is 3.15. The number of hydrogen-bond donors (Lipinski definition) is 0. The Morgan fingerprint density at radius 3 is 2.81 bits per heavy atom. The summed E-state index contributed by atoms with van der Waals surface area (Å²) >= 11 is 1.43. The van der Waals surface area contributed by atoms with Crippen LogP contribution in [0.2, 0.25) is 0 Å². The van der Waals surface area contributed by atoms with Gasteiger partial charge in [-0.25, -0.2) is 4.98 Å². The molecule has 0 spiro atoms. The molecule has 26 heavy (non-hydrogen) atoms. The van der Waals surface area contributed by atoms with E-state index in [0.29, 0.717) is 17.2 Å². The fourth-order valence-corrected chi connectivity index (χ4v) is 4.02. The first-order valence-electron chi connectivity index (χ1n) is 8.62. The second-order valence-electron chi connectivity index (χ2n) is 6.43. The molecule has 132 valence electrons. The number of carbonyl (C=O) groups excluding carboxylic acids is 2. The van der Waals surface area contributed by atoms with E-state index in [4.69, 9.17) is 0 Å². The maximum Gasteiger partial charge on any atom is 0.232 e. The summed E-state index contributed by atoms with van der Waals surface area (Å²) in [6.07, 6.45) is 1.68. The molecule has 0 bridgehead atoms. The van der Waals surface area contributed by atoms with Crippen LogP contribution in [-0.4, -0.2) is 30.4 Å². The summed E-state index contributed by atoms with van der Waals surface area (Å²) in [5.74, 6) is 0.0930. The lowest BCUT2D eigenvalue weighted by Gasteiger charge is -2.17. The van der Waals surface area contributed by atoms with Crippen molar-refractivity contribution in [3.8, 4) is 0 Å². The largest absolute Gasteiger partial charge is 0.315 e. The summed E-state index contributed by atoms with van der Waals surface area (Å²) in [7, 11) is 1.78. The normalized spacial score (nSPS) is 14.2. The maximum absolute atomic E-state index is 12.7. The predicted octanol–water partition coefficient (Wildman–Crippen LogP) is 3.63. The Bertz CT molecular complexity index is 982. The van der Waals surface area contributed by atoms with E-state index < -0.39 is 0 Å². The van der Waals surface area contributed by atoms with Gasteiger partial charge in [-0.1, -0.05) is 30.3 Å². The molecule has 5 nitrogen and oxygen atoms in total. The molecule has 1 aliphatic heterocycles. The Labute approximate surface area is 155 Å². The van der Waals surface area contributed by atoms with Gasteiger partial charge < -0.3 is 4.90 Å².